The number of H-pyrrole nitrogens is 2. The number of halogens is 8. The minimum atomic E-state index is -1.66. The molecule has 3 aromatic heterocycles. The molecular formula is C96H58F8N8O16. The minimum absolute atomic E-state index is 0.135. The minimum Gasteiger partial charge on any atom is -0.450 e. The number of benzene rings is 12. The summed E-state index contributed by atoms with van der Waals surface area (Å²) in [4.78, 5) is 134. The number of nitrogens with one attached hydrogen (secondary N) is 2. The molecule has 2 aliphatic rings. The van der Waals surface area contributed by atoms with Crippen LogP contribution >= 0.6 is 0 Å². The highest BCUT2D eigenvalue weighted by Crippen LogP contribution is 2.55. The van der Waals surface area contributed by atoms with Crippen molar-refractivity contribution < 1.29 is 111 Å². The van der Waals surface area contributed by atoms with E-state index in [1.54, 1.807) is 0 Å². The molecule has 2 aliphatic heterocycles. The number of ether oxygens (including phenoxy) is 8. The van der Waals surface area contributed by atoms with Crippen molar-refractivity contribution in [1.29, 1.82) is 0 Å². The van der Waals surface area contributed by atoms with Crippen molar-refractivity contribution in [3.63, 3.8) is 0 Å². The van der Waals surface area contributed by atoms with Gasteiger partial charge in [0.15, 0.2) is 116 Å². The number of aromatic amines is 2. The van der Waals surface area contributed by atoms with Gasteiger partial charge in [0.2, 0.25) is 46.0 Å². The summed E-state index contributed by atoms with van der Waals surface area (Å²) in [5.74, 6) is -32.2. The molecule has 0 spiro atoms. The van der Waals surface area contributed by atoms with Gasteiger partial charge in [0.1, 0.15) is 68.6 Å². The van der Waals surface area contributed by atoms with Gasteiger partial charge in [-0.05, 0) is 250 Å². The van der Waals surface area contributed by atoms with Crippen LogP contribution in [-0.2, 0) is 0 Å². The number of fused-ring (bicyclic) bond motifs is 20. The molecule has 0 amide bonds. The second-order valence-electron chi connectivity index (χ2n) is 29.2. The van der Waals surface area contributed by atoms with Gasteiger partial charge in [0.25, 0.3) is 0 Å². The van der Waals surface area contributed by atoms with Crippen LogP contribution in [0.25, 0.3) is 89.7 Å². The normalized spacial score (nSPS) is 11.4. The quantitative estimate of drug-likeness (QED) is 0.0419. The van der Waals surface area contributed by atoms with E-state index in [1.807, 2.05) is 0 Å². The van der Waals surface area contributed by atoms with E-state index in [1.165, 1.54) is 250 Å². The Kier molecular flexibility index (Phi) is 21.6. The van der Waals surface area contributed by atoms with Crippen molar-refractivity contribution in [3.05, 3.63) is 285 Å². The molecule has 0 aliphatic carbocycles. The zero-order valence-electron chi connectivity index (χ0n) is 67.7. The number of aromatic nitrogens is 8. The van der Waals surface area contributed by atoms with Crippen LogP contribution in [-0.4, -0.2) is 86.1 Å². The van der Waals surface area contributed by atoms with Crippen LogP contribution < -0.4 is 37.9 Å². The monoisotopic (exact) mass is 1730 g/mol. The van der Waals surface area contributed by atoms with Crippen molar-refractivity contribution in [3.8, 4) is 138 Å². The van der Waals surface area contributed by atoms with Crippen molar-refractivity contribution in [2.24, 2.45) is 0 Å². The number of hydrogen-bond donors (Lipinski definition) is 2. The van der Waals surface area contributed by atoms with Crippen LogP contribution in [0.1, 0.15) is 138 Å². The first-order valence-corrected chi connectivity index (χ1v) is 38.7. The molecule has 0 atom stereocenters. The van der Waals surface area contributed by atoms with Crippen molar-refractivity contribution >= 4 is 90.4 Å². The summed E-state index contributed by atoms with van der Waals surface area (Å²) in [6, 6.07) is 40.0. The molecule has 0 radical (unpaired) electrons. The summed E-state index contributed by atoms with van der Waals surface area (Å²) in [5.41, 5.74) is -7.23. The molecule has 128 heavy (non-hydrogen) atoms. The second kappa shape index (κ2) is 33.1. The van der Waals surface area contributed by atoms with E-state index in [0.29, 0.717) is 0 Å². The average Bonchev–Trinajstić information content (AvgIpc) is 1.56. The van der Waals surface area contributed by atoms with Crippen molar-refractivity contribution in [1.82, 2.24) is 39.9 Å². The number of ketones is 8. The van der Waals surface area contributed by atoms with Gasteiger partial charge in [-0.15, -0.1) is 0 Å². The zero-order chi connectivity index (χ0) is 90.3. The Morgan fingerprint density at radius 2 is 0.320 bits per heavy atom. The first-order chi connectivity index (χ1) is 61.3. The molecule has 0 saturated heterocycles. The van der Waals surface area contributed by atoms with E-state index in [4.69, 9.17) is 37.9 Å². The fourth-order valence-corrected chi connectivity index (χ4v) is 14.0. The second-order valence-corrected chi connectivity index (χ2v) is 29.2. The molecule has 0 fully saturated rings. The smallest absolute Gasteiger partial charge is 0.209 e. The molecule has 8 bridgehead atoms. The lowest BCUT2D eigenvalue weighted by Crippen LogP contribution is -2.02. The van der Waals surface area contributed by atoms with E-state index in [0.717, 1.165) is 0 Å². The maximum atomic E-state index is 19.3. The summed E-state index contributed by atoms with van der Waals surface area (Å²) in [6.45, 7) is 10.0. The lowest BCUT2D eigenvalue weighted by molar-refractivity contribution is 0.100. The molecule has 5 heterocycles. The molecule has 12 aromatic carbocycles. The van der Waals surface area contributed by atoms with Gasteiger partial charge in [0.05, 0.1) is 43.8 Å². The Labute approximate surface area is 716 Å². The molecular weight excluding hydrogens is 1670 g/mol. The summed E-state index contributed by atoms with van der Waals surface area (Å²) >= 11 is 0. The van der Waals surface area contributed by atoms with Crippen LogP contribution in [0.15, 0.2) is 194 Å². The van der Waals surface area contributed by atoms with Crippen LogP contribution in [0.5, 0.6) is 92.0 Å². The van der Waals surface area contributed by atoms with Gasteiger partial charge < -0.3 is 47.9 Å². The van der Waals surface area contributed by atoms with Gasteiger partial charge >= 0.3 is 0 Å². The topological polar surface area (TPSA) is 319 Å². The molecule has 32 heteroatoms. The summed E-state index contributed by atoms with van der Waals surface area (Å²) in [5, 5.41) is -4.23. The van der Waals surface area contributed by atoms with Crippen molar-refractivity contribution in [2.75, 3.05) is 0 Å². The first-order valence-electron chi connectivity index (χ1n) is 38.7. The molecule has 24 nitrogen and oxygen atoms in total. The predicted molar refractivity (Wildman–Crippen MR) is 448 cm³/mol. The third-order valence-corrected chi connectivity index (χ3v) is 20.6. The van der Waals surface area contributed by atoms with Gasteiger partial charge in [-0.3, -0.25) is 38.4 Å². The first kappa shape index (κ1) is 83.5. The maximum Gasteiger partial charge on any atom is 0.209 e. The van der Waals surface area contributed by atoms with E-state index < -0.39 is 228 Å². The third kappa shape index (κ3) is 15.5. The van der Waals surface area contributed by atoms with Gasteiger partial charge in [-0.2, -0.15) is 0 Å². The number of carbonyl (C=O) groups is 8. The van der Waals surface area contributed by atoms with Gasteiger partial charge in [0, 0.05) is 44.5 Å². The molecule has 0 saturated carbocycles. The molecule has 0 unspecified atom stereocenters. The fraction of sp³-hybridized carbons (Fsp3) is 0.0833. The van der Waals surface area contributed by atoms with E-state index in [-0.39, 0.29) is 90.5 Å². The van der Waals surface area contributed by atoms with E-state index >= 15 is 35.1 Å². The highest BCUT2D eigenvalue weighted by Gasteiger charge is 2.41. The van der Waals surface area contributed by atoms with Gasteiger partial charge in [-0.1, -0.05) is 0 Å². The molecule has 2 N–H and O–H groups in total. The van der Waals surface area contributed by atoms with Crippen LogP contribution in [0.4, 0.5) is 35.1 Å². The predicted octanol–water partition coefficient (Wildman–Crippen LogP) is 23.9. The number of Topliss-reactive ketones (excluding diaryl/α,β-unsaturated/α-hetero) is 8. The third-order valence-electron chi connectivity index (χ3n) is 20.6. The maximum absolute atomic E-state index is 19.3. The van der Waals surface area contributed by atoms with E-state index in [2.05, 4.69) is 39.9 Å². The van der Waals surface area contributed by atoms with Crippen LogP contribution in [0, 0.1) is 46.5 Å². The standard InChI is InChI=1S/C96H58F8N8O16/c1-41(113)49-9-25-57(26-10-49)121-81-73(97)65-66(74(98)82(81)122-58-27-11-50(12-28-58)42(2)114)90-105-89(65)109-91-67-68(76(100)84(124-60-31-15-52(16-32-60)44(4)116)83(75(67)99)123-59-29-13-51(14-30-59)43(3)115)93(106-91)111-95-71-72(80(104)88(128-64-39-23-56(24-40-64)48(8)120)87(79(71)103)127-63-37-21-55(22-38-63)47(7)119)96(108-95)112-94-70-69(92(107-94)110-90)77(101)85(125-61-33-17-53(18-34-61)45(5)117)86(78(70)102)126-62-35-19-54(20-36-62)46(6)118/h9-40H,1-8H3,(H2,105,106,107,108,109,110,111,112). The number of nitrogens with zero attached hydrogens (tertiary/aromatic N) is 6. The highest BCUT2D eigenvalue weighted by molar-refractivity contribution is 6.10. The van der Waals surface area contributed by atoms with E-state index in [9.17, 15) is 38.4 Å². The lowest BCUT2D eigenvalue weighted by Gasteiger charge is -2.17. The lowest BCUT2D eigenvalue weighted by atomic mass is 10.0. The molecule has 17 rings (SSSR count). The highest BCUT2D eigenvalue weighted by atomic mass is 19.2. The van der Waals surface area contributed by atoms with Crippen molar-refractivity contribution in [2.45, 2.75) is 55.4 Å². The Bertz CT molecular complexity index is 6630. The SMILES string of the molecule is CC(=O)c1ccc(Oc2c(F)c3c(c(F)c2Oc2ccc(C(C)=O)cc2)-c2nc-3nc3[nH]c(nc4nc(nc5[nH]c(n2)c2c(F)c(Oc6ccc(C(C)=O)cc6)c(Oc6ccc(C(C)=O)cc6)c(F)c52)-c2c(F)c(Oc5ccc(C(C)=O)cc5)c(Oc5ccc(C(C)=O)cc5)c(F)c2-4)c2c(F)c(Oc4ccc(C(C)=O)cc4)c(Oc4ccc(C(C)=O)cc4)c(F)c32)cc1. The summed E-state index contributed by atoms with van der Waals surface area (Å²) < 4.78 is 204. The van der Waals surface area contributed by atoms with Crippen LogP contribution in [0.3, 0.4) is 0 Å². The van der Waals surface area contributed by atoms with Crippen LogP contribution in [0.2, 0.25) is 0 Å². The number of carbonyl (C=O) groups excluding carboxylic acids is 8. The Morgan fingerprint density at radius 3 is 0.445 bits per heavy atom. The fourth-order valence-electron chi connectivity index (χ4n) is 14.0. The average molecular weight is 1730 g/mol. The summed E-state index contributed by atoms with van der Waals surface area (Å²) in [6.07, 6.45) is 0. The number of rotatable bonds is 24. The largest absolute Gasteiger partial charge is 0.450 e. The Morgan fingerprint density at radius 1 is 0.195 bits per heavy atom. The Balaban J connectivity index is 1.05. The summed E-state index contributed by atoms with van der Waals surface area (Å²) in [7, 11) is 0. The molecule has 634 valence electrons. The zero-order valence-corrected chi connectivity index (χ0v) is 67.7. The number of hydrogen-bond acceptors (Lipinski definition) is 22. The Hall–Kier alpha value is -16.8. The van der Waals surface area contributed by atoms with Gasteiger partial charge in [-0.25, -0.2) is 65.0 Å². The molecule has 15 aromatic rings.